The maximum absolute atomic E-state index is 12.0. The SMILES string of the molecule is CCc1nnc(NC(=O)C(C)Oc2ccccc2C)s1. The zero-order valence-electron chi connectivity index (χ0n) is 11.7. The summed E-state index contributed by atoms with van der Waals surface area (Å²) >= 11 is 1.38. The summed E-state index contributed by atoms with van der Waals surface area (Å²) in [7, 11) is 0. The molecule has 0 aliphatic heterocycles. The summed E-state index contributed by atoms with van der Waals surface area (Å²) in [5, 5.41) is 12.0. The van der Waals surface area contributed by atoms with E-state index >= 15 is 0 Å². The summed E-state index contributed by atoms with van der Waals surface area (Å²) in [4.78, 5) is 12.0. The van der Waals surface area contributed by atoms with Crippen molar-refractivity contribution in [2.75, 3.05) is 5.32 Å². The molecular weight excluding hydrogens is 274 g/mol. The highest BCUT2D eigenvalue weighted by Gasteiger charge is 2.17. The van der Waals surface area contributed by atoms with Crippen molar-refractivity contribution >= 4 is 22.4 Å². The number of aromatic nitrogens is 2. The first-order chi connectivity index (χ1) is 9.60. The normalized spacial score (nSPS) is 11.9. The topological polar surface area (TPSA) is 64.1 Å². The third-order valence-electron chi connectivity index (χ3n) is 2.77. The van der Waals surface area contributed by atoms with Crippen molar-refractivity contribution in [2.24, 2.45) is 0 Å². The van der Waals surface area contributed by atoms with E-state index in [0.29, 0.717) is 10.9 Å². The Balaban J connectivity index is 1.97. The molecule has 20 heavy (non-hydrogen) atoms. The highest BCUT2D eigenvalue weighted by Crippen LogP contribution is 2.19. The van der Waals surface area contributed by atoms with Crippen LogP contribution >= 0.6 is 11.3 Å². The Morgan fingerprint density at radius 3 is 2.80 bits per heavy atom. The number of benzene rings is 1. The number of nitrogens with one attached hydrogen (secondary N) is 1. The fraction of sp³-hybridized carbons (Fsp3) is 0.357. The number of ether oxygens (including phenoxy) is 1. The second kappa shape index (κ2) is 6.47. The minimum atomic E-state index is -0.593. The van der Waals surface area contributed by atoms with Crippen LogP contribution in [-0.4, -0.2) is 22.2 Å². The summed E-state index contributed by atoms with van der Waals surface area (Å²) in [6, 6.07) is 7.60. The van der Waals surface area contributed by atoms with Gasteiger partial charge in [0.1, 0.15) is 10.8 Å². The molecule has 0 aliphatic rings. The Morgan fingerprint density at radius 1 is 1.40 bits per heavy atom. The third kappa shape index (κ3) is 3.54. The first-order valence-corrected chi connectivity index (χ1v) is 7.27. The fourth-order valence-electron chi connectivity index (χ4n) is 1.59. The molecule has 1 N–H and O–H groups in total. The second-order valence-electron chi connectivity index (χ2n) is 4.37. The summed E-state index contributed by atoms with van der Waals surface area (Å²) in [5.41, 5.74) is 0.997. The van der Waals surface area contributed by atoms with Crippen LogP contribution in [0.1, 0.15) is 24.4 Å². The largest absolute Gasteiger partial charge is 0.481 e. The average Bonchev–Trinajstić information content (AvgIpc) is 2.89. The van der Waals surface area contributed by atoms with Crippen LogP contribution in [0.3, 0.4) is 0 Å². The molecular formula is C14H17N3O2S. The Bertz CT molecular complexity index is 598. The molecule has 0 saturated carbocycles. The molecule has 0 spiro atoms. The first-order valence-electron chi connectivity index (χ1n) is 6.45. The van der Waals surface area contributed by atoms with Crippen LogP contribution in [-0.2, 0) is 11.2 Å². The molecule has 1 aromatic carbocycles. The molecule has 106 valence electrons. The van der Waals surface area contributed by atoms with E-state index in [-0.39, 0.29) is 5.91 Å². The van der Waals surface area contributed by atoms with Crippen LogP contribution in [0, 0.1) is 6.92 Å². The van der Waals surface area contributed by atoms with Crippen molar-refractivity contribution in [2.45, 2.75) is 33.3 Å². The molecule has 0 fully saturated rings. The quantitative estimate of drug-likeness (QED) is 0.920. The van der Waals surface area contributed by atoms with E-state index in [1.54, 1.807) is 6.92 Å². The highest BCUT2D eigenvalue weighted by atomic mass is 32.1. The van der Waals surface area contributed by atoms with Gasteiger partial charge >= 0.3 is 0 Å². The molecule has 1 heterocycles. The van der Waals surface area contributed by atoms with Gasteiger partial charge in [0.05, 0.1) is 0 Å². The minimum Gasteiger partial charge on any atom is -0.481 e. The van der Waals surface area contributed by atoms with E-state index in [2.05, 4.69) is 15.5 Å². The van der Waals surface area contributed by atoms with Crippen molar-refractivity contribution in [1.29, 1.82) is 0 Å². The van der Waals surface area contributed by atoms with Gasteiger partial charge < -0.3 is 4.74 Å². The number of carbonyl (C=O) groups is 1. The molecule has 1 aromatic heterocycles. The van der Waals surface area contributed by atoms with Gasteiger partial charge in [-0.1, -0.05) is 36.5 Å². The summed E-state index contributed by atoms with van der Waals surface area (Å²) in [6.45, 7) is 5.65. The van der Waals surface area contributed by atoms with E-state index < -0.39 is 6.10 Å². The van der Waals surface area contributed by atoms with Gasteiger partial charge in [-0.05, 0) is 31.9 Å². The number of rotatable bonds is 5. The lowest BCUT2D eigenvalue weighted by Crippen LogP contribution is -2.30. The van der Waals surface area contributed by atoms with E-state index in [9.17, 15) is 4.79 Å². The number of nitrogens with zero attached hydrogens (tertiary/aromatic N) is 2. The number of amides is 1. The van der Waals surface area contributed by atoms with E-state index in [0.717, 1.165) is 17.0 Å². The number of anilines is 1. The van der Waals surface area contributed by atoms with Crippen LogP contribution in [0.15, 0.2) is 24.3 Å². The number of hydrogen-bond donors (Lipinski definition) is 1. The molecule has 6 heteroatoms. The molecule has 5 nitrogen and oxygen atoms in total. The Labute approximate surface area is 122 Å². The van der Waals surface area contributed by atoms with Gasteiger partial charge in [0.15, 0.2) is 6.10 Å². The number of aryl methyl sites for hydroxylation is 2. The van der Waals surface area contributed by atoms with Crippen molar-refractivity contribution in [3.05, 3.63) is 34.8 Å². The monoisotopic (exact) mass is 291 g/mol. The van der Waals surface area contributed by atoms with E-state index in [4.69, 9.17) is 4.74 Å². The number of hydrogen-bond acceptors (Lipinski definition) is 5. The van der Waals surface area contributed by atoms with Crippen molar-refractivity contribution < 1.29 is 9.53 Å². The van der Waals surface area contributed by atoms with Gasteiger partial charge in [-0.2, -0.15) is 0 Å². The predicted molar refractivity (Wildman–Crippen MR) is 79.2 cm³/mol. The van der Waals surface area contributed by atoms with Gasteiger partial charge in [0.2, 0.25) is 5.13 Å². The second-order valence-corrected chi connectivity index (χ2v) is 5.43. The van der Waals surface area contributed by atoms with E-state index in [1.165, 1.54) is 11.3 Å². The van der Waals surface area contributed by atoms with Gasteiger partial charge in [0, 0.05) is 0 Å². The molecule has 0 aliphatic carbocycles. The summed E-state index contributed by atoms with van der Waals surface area (Å²) < 4.78 is 5.66. The molecule has 0 bridgehead atoms. The van der Waals surface area contributed by atoms with Gasteiger partial charge in [0.25, 0.3) is 5.91 Å². The molecule has 2 aromatic rings. The Hall–Kier alpha value is -1.95. The van der Waals surface area contributed by atoms with Crippen molar-refractivity contribution in [3.63, 3.8) is 0 Å². The van der Waals surface area contributed by atoms with Crippen LogP contribution in [0.25, 0.3) is 0 Å². The highest BCUT2D eigenvalue weighted by molar-refractivity contribution is 7.15. The van der Waals surface area contributed by atoms with Gasteiger partial charge in [-0.3, -0.25) is 10.1 Å². The van der Waals surface area contributed by atoms with Crippen molar-refractivity contribution in [1.82, 2.24) is 10.2 Å². The van der Waals surface area contributed by atoms with Crippen LogP contribution in [0.5, 0.6) is 5.75 Å². The first kappa shape index (κ1) is 14.5. The third-order valence-corrected chi connectivity index (χ3v) is 3.75. The number of para-hydroxylation sites is 1. The smallest absolute Gasteiger partial charge is 0.266 e. The van der Waals surface area contributed by atoms with Gasteiger partial charge in [-0.25, -0.2) is 0 Å². The average molecular weight is 291 g/mol. The summed E-state index contributed by atoms with van der Waals surface area (Å²) in [5.74, 6) is 0.480. The predicted octanol–water partition coefficient (Wildman–Crippen LogP) is 2.81. The van der Waals surface area contributed by atoms with Crippen LogP contribution in [0.4, 0.5) is 5.13 Å². The van der Waals surface area contributed by atoms with Gasteiger partial charge in [-0.15, -0.1) is 10.2 Å². The molecule has 1 amide bonds. The Kier molecular flexibility index (Phi) is 4.68. The zero-order chi connectivity index (χ0) is 14.5. The lowest BCUT2D eigenvalue weighted by molar-refractivity contribution is -0.122. The number of carbonyl (C=O) groups excluding carboxylic acids is 1. The maximum Gasteiger partial charge on any atom is 0.266 e. The maximum atomic E-state index is 12.0. The molecule has 0 saturated heterocycles. The van der Waals surface area contributed by atoms with Crippen LogP contribution in [0.2, 0.25) is 0 Å². The summed E-state index contributed by atoms with van der Waals surface area (Å²) in [6.07, 6.45) is 0.216. The Morgan fingerprint density at radius 2 is 2.15 bits per heavy atom. The van der Waals surface area contributed by atoms with Crippen molar-refractivity contribution in [3.8, 4) is 5.75 Å². The molecule has 1 atom stereocenters. The zero-order valence-corrected chi connectivity index (χ0v) is 12.5. The molecule has 0 radical (unpaired) electrons. The standard InChI is InChI=1S/C14H17N3O2S/c1-4-12-16-17-14(20-12)15-13(18)10(3)19-11-8-6-5-7-9(11)2/h5-8,10H,4H2,1-3H3,(H,15,17,18). The molecule has 1 unspecified atom stereocenters. The lowest BCUT2D eigenvalue weighted by Gasteiger charge is -2.15. The lowest BCUT2D eigenvalue weighted by atomic mass is 10.2. The fourth-order valence-corrected chi connectivity index (χ4v) is 2.27. The molecule has 2 rings (SSSR count). The minimum absolute atomic E-state index is 0.230. The van der Waals surface area contributed by atoms with E-state index in [1.807, 2.05) is 38.1 Å². The van der Waals surface area contributed by atoms with Crippen LogP contribution < -0.4 is 10.1 Å².